The highest BCUT2D eigenvalue weighted by molar-refractivity contribution is 7.98. The van der Waals surface area contributed by atoms with E-state index in [1.807, 2.05) is 36.4 Å². The number of nitrogens with one attached hydrogen (secondary N) is 1. The lowest BCUT2D eigenvalue weighted by Gasteiger charge is -2.12. The zero-order valence-corrected chi connectivity index (χ0v) is 22.8. The highest BCUT2D eigenvalue weighted by Gasteiger charge is 2.20. The quantitative estimate of drug-likeness (QED) is 0.198. The van der Waals surface area contributed by atoms with E-state index in [1.165, 1.54) is 5.56 Å². The zero-order valence-electron chi connectivity index (χ0n) is 22.0. The van der Waals surface area contributed by atoms with E-state index in [0.717, 1.165) is 58.1 Å². The van der Waals surface area contributed by atoms with Crippen molar-refractivity contribution in [3.05, 3.63) is 95.8 Å². The second-order valence-corrected chi connectivity index (χ2v) is 10.5. The monoisotopic (exact) mass is 548 g/mol. The van der Waals surface area contributed by atoms with Crippen LogP contribution >= 0.6 is 11.8 Å². The maximum Gasteiger partial charge on any atom is 0.257 e. The van der Waals surface area contributed by atoms with Gasteiger partial charge in [0.2, 0.25) is 0 Å². The van der Waals surface area contributed by atoms with Gasteiger partial charge in [-0.1, -0.05) is 104 Å². The van der Waals surface area contributed by atoms with Gasteiger partial charge in [0.05, 0.1) is 0 Å². The van der Waals surface area contributed by atoms with E-state index in [4.69, 9.17) is 4.98 Å². The molecule has 3 heterocycles. The first-order valence-corrected chi connectivity index (χ1v) is 14.2. The number of imidazole rings is 1. The molecule has 0 bridgehead atoms. The van der Waals surface area contributed by atoms with Crippen LogP contribution in [-0.4, -0.2) is 45.5 Å². The summed E-state index contributed by atoms with van der Waals surface area (Å²) in [6.07, 6.45) is 2.86. The fourth-order valence-electron chi connectivity index (χ4n) is 4.77. The van der Waals surface area contributed by atoms with Crippen molar-refractivity contribution in [3.8, 4) is 28.4 Å². The molecule has 0 aliphatic rings. The summed E-state index contributed by atoms with van der Waals surface area (Å²) in [6.45, 7) is 2.73. The zero-order chi connectivity index (χ0) is 27.3. The molecular formula is C30H28N8OS. The number of hydrogen-bond acceptors (Lipinski definition) is 8. The number of aromatic hydroxyl groups is 1. The molecule has 2 N–H and O–H groups in total. The second kappa shape index (κ2) is 11.7. The number of unbranched alkanes of at least 4 members (excludes halogenated alkanes) is 1. The van der Waals surface area contributed by atoms with Crippen molar-refractivity contribution in [2.75, 3.05) is 0 Å². The Morgan fingerprint density at radius 3 is 2.38 bits per heavy atom. The average molecular weight is 549 g/mol. The van der Waals surface area contributed by atoms with Gasteiger partial charge in [-0.15, -0.1) is 15.3 Å². The molecule has 40 heavy (non-hydrogen) atoms. The summed E-state index contributed by atoms with van der Waals surface area (Å²) in [7, 11) is 0. The largest absolute Gasteiger partial charge is 0.491 e. The maximum atomic E-state index is 10.8. The van der Waals surface area contributed by atoms with Crippen molar-refractivity contribution in [2.45, 2.75) is 43.5 Å². The lowest BCUT2D eigenvalue weighted by atomic mass is 9.98. The van der Waals surface area contributed by atoms with Crippen LogP contribution in [0, 0.1) is 0 Å². The Kier molecular flexibility index (Phi) is 7.49. The molecule has 0 amide bonds. The van der Waals surface area contributed by atoms with Crippen LogP contribution in [0.15, 0.2) is 83.9 Å². The summed E-state index contributed by atoms with van der Waals surface area (Å²) in [5.41, 5.74) is 6.65. The third-order valence-electron chi connectivity index (χ3n) is 6.80. The number of hydrogen-bond donors (Lipinski definition) is 2. The number of benzene rings is 3. The van der Waals surface area contributed by atoms with Gasteiger partial charge in [0.25, 0.3) is 5.88 Å². The molecule has 200 valence electrons. The molecule has 0 aliphatic carbocycles. The van der Waals surface area contributed by atoms with Gasteiger partial charge in [0.1, 0.15) is 21.9 Å². The van der Waals surface area contributed by atoms with Crippen LogP contribution in [0.4, 0.5) is 0 Å². The molecule has 0 spiro atoms. The Balaban J connectivity index is 1.33. The highest BCUT2D eigenvalue weighted by Crippen LogP contribution is 2.34. The average Bonchev–Trinajstić information content (AvgIpc) is 3.66. The number of rotatable bonds is 10. The van der Waals surface area contributed by atoms with E-state index < -0.39 is 0 Å². The van der Waals surface area contributed by atoms with Gasteiger partial charge in [-0.2, -0.15) is 0 Å². The molecule has 10 heteroatoms. The number of aromatic nitrogens is 8. The number of tetrazole rings is 1. The molecule has 0 unspecified atom stereocenters. The Morgan fingerprint density at radius 1 is 0.850 bits per heavy atom. The van der Waals surface area contributed by atoms with Gasteiger partial charge in [-0.05, 0) is 39.1 Å². The fraction of sp³-hybridized carbons (Fsp3) is 0.200. The highest BCUT2D eigenvalue weighted by atomic mass is 32.2. The van der Waals surface area contributed by atoms with Gasteiger partial charge >= 0.3 is 0 Å². The van der Waals surface area contributed by atoms with Crippen LogP contribution in [0.5, 0.6) is 5.88 Å². The summed E-state index contributed by atoms with van der Waals surface area (Å²) in [5.74, 6) is 2.21. The molecule has 0 saturated heterocycles. The minimum Gasteiger partial charge on any atom is -0.491 e. The van der Waals surface area contributed by atoms with E-state index >= 15 is 0 Å². The van der Waals surface area contributed by atoms with Crippen LogP contribution in [0.1, 0.15) is 36.7 Å². The fourth-order valence-corrected chi connectivity index (χ4v) is 5.64. The number of thioether (sulfide) groups is 1. The SMILES string of the molecule is CCCCc1nc2c(SCc3ccccc3)nnc(O)c2n1Cc1ccc(-c2ccccc2-c2nnn[nH]2)cc1. The molecule has 6 aromatic rings. The van der Waals surface area contributed by atoms with Gasteiger partial charge in [0.15, 0.2) is 5.82 Å². The van der Waals surface area contributed by atoms with Crippen molar-refractivity contribution in [2.24, 2.45) is 0 Å². The van der Waals surface area contributed by atoms with Crippen molar-refractivity contribution in [1.29, 1.82) is 0 Å². The molecule has 0 saturated carbocycles. The molecule has 0 aliphatic heterocycles. The van der Waals surface area contributed by atoms with Crippen molar-refractivity contribution in [3.63, 3.8) is 0 Å². The molecule has 0 radical (unpaired) electrons. The molecule has 6 rings (SSSR count). The number of fused-ring (bicyclic) bond motifs is 1. The van der Waals surface area contributed by atoms with Crippen LogP contribution in [0.2, 0.25) is 0 Å². The summed E-state index contributed by atoms with van der Waals surface area (Å²) >= 11 is 1.59. The van der Waals surface area contributed by atoms with Gasteiger partial charge in [-0.25, -0.2) is 10.1 Å². The molecular weight excluding hydrogens is 520 g/mol. The Bertz CT molecular complexity index is 1720. The smallest absolute Gasteiger partial charge is 0.257 e. The van der Waals surface area contributed by atoms with E-state index in [2.05, 4.69) is 84.8 Å². The minimum absolute atomic E-state index is 0.0967. The second-order valence-electron chi connectivity index (χ2n) is 9.51. The summed E-state index contributed by atoms with van der Waals surface area (Å²) in [4.78, 5) is 4.98. The molecule has 0 atom stereocenters. The van der Waals surface area contributed by atoms with E-state index in [1.54, 1.807) is 11.8 Å². The third-order valence-corrected chi connectivity index (χ3v) is 7.83. The normalized spacial score (nSPS) is 11.3. The predicted molar refractivity (Wildman–Crippen MR) is 156 cm³/mol. The summed E-state index contributed by atoms with van der Waals surface area (Å²) < 4.78 is 2.09. The summed E-state index contributed by atoms with van der Waals surface area (Å²) in [5, 5.41) is 34.4. The number of aryl methyl sites for hydroxylation is 1. The van der Waals surface area contributed by atoms with E-state index in [0.29, 0.717) is 23.4 Å². The lowest BCUT2D eigenvalue weighted by Crippen LogP contribution is -2.06. The van der Waals surface area contributed by atoms with Crippen molar-refractivity contribution >= 4 is 22.8 Å². The van der Waals surface area contributed by atoms with Gasteiger partial charge in [-0.3, -0.25) is 0 Å². The standard InChI is InChI=1S/C30H28N8OS/c1-2-3-13-25-31-26-27(29(39)34-35-30(26)40-19-21-9-5-4-6-10-21)38(25)18-20-14-16-22(17-15-20)23-11-7-8-12-24(23)28-32-36-37-33-28/h4-12,14-17H,2-3,13,18-19H2,1H3,(H,34,39)(H,32,33,36,37). The molecule has 3 aromatic carbocycles. The number of nitrogens with zero attached hydrogens (tertiary/aromatic N) is 7. The lowest BCUT2D eigenvalue weighted by molar-refractivity contribution is 0.446. The molecule has 3 aromatic heterocycles. The van der Waals surface area contributed by atoms with E-state index in [-0.39, 0.29) is 5.88 Å². The van der Waals surface area contributed by atoms with Crippen LogP contribution < -0.4 is 0 Å². The first-order valence-electron chi connectivity index (χ1n) is 13.2. The molecule has 0 fully saturated rings. The van der Waals surface area contributed by atoms with Crippen molar-refractivity contribution < 1.29 is 5.11 Å². The number of H-pyrrole nitrogens is 1. The molecule has 9 nitrogen and oxygen atoms in total. The minimum atomic E-state index is -0.0967. The van der Waals surface area contributed by atoms with Gasteiger partial charge in [0, 0.05) is 24.3 Å². The maximum absolute atomic E-state index is 10.8. The summed E-state index contributed by atoms with van der Waals surface area (Å²) in [6, 6.07) is 26.7. The first-order chi connectivity index (χ1) is 19.7. The van der Waals surface area contributed by atoms with E-state index in [9.17, 15) is 5.11 Å². The Labute approximate surface area is 235 Å². The van der Waals surface area contributed by atoms with Crippen molar-refractivity contribution in [1.82, 2.24) is 40.4 Å². The topological polar surface area (TPSA) is 118 Å². The third kappa shape index (κ3) is 5.30. The van der Waals surface area contributed by atoms with Crippen LogP contribution in [-0.2, 0) is 18.7 Å². The van der Waals surface area contributed by atoms with Crippen LogP contribution in [0.25, 0.3) is 33.5 Å². The predicted octanol–water partition coefficient (Wildman–Crippen LogP) is 6.06. The Morgan fingerprint density at radius 2 is 1.62 bits per heavy atom. The number of aromatic amines is 1. The first kappa shape index (κ1) is 25.7. The Hall–Kier alpha value is -4.57. The van der Waals surface area contributed by atoms with Gasteiger partial charge < -0.3 is 9.67 Å². The van der Waals surface area contributed by atoms with Crippen LogP contribution in [0.3, 0.4) is 0 Å².